The molecule has 1 saturated heterocycles. The molecule has 1 fully saturated rings. The normalized spacial score (nSPS) is 15.6. The van der Waals surface area contributed by atoms with Gasteiger partial charge in [0, 0.05) is 31.7 Å². The van der Waals surface area contributed by atoms with E-state index in [0.29, 0.717) is 23.2 Å². The Kier molecular flexibility index (Phi) is 5.76. The second kappa shape index (κ2) is 8.03. The van der Waals surface area contributed by atoms with Crippen molar-refractivity contribution >= 4 is 34.8 Å². The summed E-state index contributed by atoms with van der Waals surface area (Å²) in [6.45, 7) is 2.03. The quantitative estimate of drug-likeness (QED) is 0.554. The second-order valence-electron chi connectivity index (χ2n) is 6.38. The molecule has 7 heteroatoms. The van der Waals surface area contributed by atoms with Crippen LogP contribution in [0.5, 0.6) is 0 Å². The number of rotatable bonds is 4. The van der Waals surface area contributed by atoms with E-state index in [1.54, 1.807) is 7.05 Å². The molecule has 1 aliphatic heterocycles. The predicted molar refractivity (Wildman–Crippen MR) is 108 cm³/mol. The fraction of sp³-hybridized carbons (Fsp3) is 0.263. The molecule has 5 nitrogen and oxygen atoms in total. The standard InChI is InChI=1S/C19H21ClN4OS/c1-21-18(26)23-22-17(25)19(15-8-5-9-16(20)10-15)12-24(13-19)11-14-6-3-2-4-7-14/h2-10H,11-13H2,1H3,(H,22,25)(H2,21,23,26). The van der Waals surface area contributed by atoms with E-state index >= 15 is 0 Å². The monoisotopic (exact) mass is 388 g/mol. The highest BCUT2D eigenvalue weighted by Gasteiger charge is 2.50. The highest BCUT2D eigenvalue weighted by molar-refractivity contribution is 7.80. The molecule has 0 aliphatic carbocycles. The van der Waals surface area contributed by atoms with Crippen LogP contribution in [0.3, 0.4) is 0 Å². The Morgan fingerprint density at radius 1 is 1.15 bits per heavy atom. The van der Waals surface area contributed by atoms with Gasteiger partial charge in [0.25, 0.3) is 5.91 Å². The molecular weight excluding hydrogens is 368 g/mol. The molecule has 0 bridgehead atoms. The summed E-state index contributed by atoms with van der Waals surface area (Å²) >= 11 is 11.2. The molecule has 0 spiro atoms. The third kappa shape index (κ3) is 3.98. The van der Waals surface area contributed by atoms with Gasteiger partial charge >= 0.3 is 0 Å². The van der Waals surface area contributed by atoms with E-state index in [1.165, 1.54) is 5.56 Å². The molecule has 0 radical (unpaired) electrons. The molecule has 1 heterocycles. The molecule has 0 saturated carbocycles. The van der Waals surface area contributed by atoms with Gasteiger partial charge in [0.1, 0.15) is 5.41 Å². The zero-order valence-electron chi connectivity index (χ0n) is 14.5. The first-order valence-corrected chi connectivity index (χ1v) is 9.12. The Balaban J connectivity index is 1.76. The van der Waals surface area contributed by atoms with E-state index in [1.807, 2.05) is 42.5 Å². The Bertz CT molecular complexity index is 793. The van der Waals surface area contributed by atoms with Crippen molar-refractivity contribution in [1.29, 1.82) is 0 Å². The smallest absolute Gasteiger partial charge is 0.251 e. The van der Waals surface area contributed by atoms with Gasteiger partial charge < -0.3 is 5.32 Å². The van der Waals surface area contributed by atoms with Gasteiger partial charge in [0.15, 0.2) is 5.11 Å². The lowest BCUT2D eigenvalue weighted by molar-refractivity contribution is -0.134. The number of nitrogens with one attached hydrogen (secondary N) is 3. The van der Waals surface area contributed by atoms with Crippen LogP contribution in [0.2, 0.25) is 5.02 Å². The molecule has 1 amide bonds. The molecule has 2 aromatic carbocycles. The number of carbonyl (C=O) groups is 1. The average Bonchev–Trinajstić information content (AvgIpc) is 2.62. The molecule has 3 N–H and O–H groups in total. The minimum atomic E-state index is -0.657. The maximum absolute atomic E-state index is 12.9. The molecule has 0 atom stereocenters. The van der Waals surface area contributed by atoms with Gasteiger partial charge in [-0.15, -0.1) is 0 Å². The summed E-state index contributed by atoms with van der Waals surface area (Å²) in [5.41, 5.74) is 6.91. The van der Waals surface area contributed by atoms with E-state index in [4.69, 9.17) is 23.8 Å². The zero-order valence-corrected chi connectivity index (χ0v) is 16.0. The topological polar surface area (TPSA) is 56.4 Å². The van der Waals surface area contributed by atoms with Crippen LogP contribution < -0.4 is 16.2 Å². The Morgan fingerprint density at radius 3 is 2.54 bits per heavy atom. The maximum Gasteiger partial charge on any atom is 0.251 e. The van der Waals surface area contributed by atoms with Crippen molar-refractivity contribution in [3.05, 3.63) is 70.7 Å². The number of amides is 1. The summed E-state index contributed by atoms with van der Waals surface area (Å²) in [5.74, 6) is -0.123. The molecule has 3 rings (SSSR count). The maximum atomic E-state index is 12.9. The first-order chi connectivity index (χ1) is 12.5. The number of hydrogen-bond donors (Lipinski definition) is 3. The van der Waals surface area contributed by atoms with Gasteiger partial charge in [-0.05, 0) is 35.5 Å². The van der Waals surface area contributed by atoms with Crippen LogP contribution >= 0.6 is 23.8 Å². The fourth-order valence-electron chi connectivity index (χ4n) is 3.21. The van der Waals surface area contributed by atoms with Crippen LogP contribution in [-0.4, -0.2) is 36.1 Å². The lowest BCUT2D eigenvalue weighted by Crippen LogP contribution is -2.67. The van der Waals surface area contributed by atoms with Gasteiger partial charge in [0.05, 0.1) is 0 Å². The number of halogens is 1. The van der Waals surface area contributed by atoms with E-state index in [0.717, 1.165) is 12.1 Å². The summed E-state index contributed by atoms with van der Waals surface area (Å²) in [6, 6.07) is 17.7. The molecule has 0 aromatic heterocycles. The van der Waals surface area contributed by atoms with Gasteiger partial charge in [-0.3, -0.25) is 20.5 Å². The summed E-state index contributed by atoms with van der Waals surface area (Å²) in [6.07, 6.45) is 0. The first-order valence-electron chi connectivity index (χ1n) is 8.34. The highest BCUT2D eigenvalue weighted by Crippen LogP contribution is 2.36. The van der Waals surface area contributed by atoms with E-state index < -0.39 is 5.41 Å². The first kappa shape index (κ1) is 18.6. The summed E-state index contributed by atoms with van der Waals surface area (Å²) in [5, 5.41) is 3.75. The molecule has 136 valence electrons. The zero-order chi connectivity index (χ0) is 18.6. The largest absolute Gasteiger partial charge is 0.364 e. The van der Waals surface area contributed by atoms with Crippen LogP contribution in [-0.2, 0) is 16.8 Å². The number of hydrazine groups is 1. The lowest BCUT2D eigenvalue weighted by atomic mass is 9.72. The minimum absolute atomic E-state index is 0.123. The number of benzene rings is 2. The highest BCUT2D eigenvalue weighted by atomic mass is 35.5. The molecule has 2 aromatic rings. The molecular formula is C19H21ClN4OS. The van der Waals surface area contributed by atoms with Crippen molar-refractivity contribution in [3.8, 4) is 0 Å². The Morgan fingerprint density at radius 2 is 1.88 bits per heavy atom. The van der Waals surface area contributed by atoms with Crippen molar-refractivity contribution in [2.45, 2.75) is 12.0 Å². The number of thiocarbonyl (C=S) groups is 1. The molecule has 1 aliphatic rings. The van der Waals surface area contributed by atoms with Gasteiger partial charge in [-0.25, -0.2) is 0 Å². The molecule has 26 heavy (non-hydrogen) atoms. The van der Waals surface area contributed by atoms with E-state index in [-0.39, 0.29) is 5.91 Å². The number of likely N-dealkylation sites (tertiary alicyclic amines) is 1. The number of carbonyl (C=O) groups excluding carboxylic acids is 1. The van der Waals surface area contributed by atoms with Crippen molar-refractivity contribution < 1.29 is 4.79 Å². The fourth-order valence-corrected chi connectivity index (χ4v) is 3.45. The Labute approximate surface area is 163 Å². The van der Waals surface area contributed by atoms with Gasteiger partial charge in [0.2, 0.25) is 0 Å². The summed E-state index contributed by atoms with van der Waals surface area (Å²) < 4.78 is 0. The third-order valence-electron chi connectivity index (χ3n) is 4.56. The lowest BCUT2D eigenvalue weighted by Gasteiger charge is -2.49. The van der Waals surface area contributed by atoms with Crippen molar-refractivity contribution in [3.63, 3.8) is 0 Å². The van der Waals surface area contributed by atoms with Gasteiger partial charge in [-0.2, -0.15) is 0 Å². The minimum Gasteiger partial charge on any atom is -0.364 e. The molecule has 0 unspecified atom stereocenters. The number of nitrogens with zero attached hydrogens (tertiary/aromatic N) is 1. The van der Waals surface area contributed by atoms with Crippen molar-refractivity contribution in [2.24, 2.45) is 0 Å². The summed E-state index contributed by atoms with van der Waals surface area (Å²) in [7, 11) is 1.69. The van der Waals surface area contributed by atoms with Crippen LogP contribution in [0, 0.1) is 0 Å². The number of hydrogen-bond acceptors (Lipinski definition) is 3. The second-order valence-corrected chi connectivity index (χ2v) is 7.23. The Hall–Kier alpha value is -2.15. The average molecular weight is 389 g/mol. The summed E-state index contributed by atoms with van der Waals surface area (Å²) in [4.78, 5) is 15.2. The SMILES string of the molecule is CNC(=S)NNC(=O)C1(c2cccc(Cl)c2)CN(Cc2ccccc2)C1. The van der Waals surface area contributed by atoms with Crippen LogP contribution in [0.4, 0.5) is 0 Å². The predicted octanol–water partition coefficient (Wildman–Crippen LogP) is 2.22. The third-order valence-corrected chi connectivity index (χ3v) is 5.11. The van der Waals surface area contributed by atoms with Crippen LogP contribution in [0.25, 0.3) is 0 Å². The van der Waals surface area contributed by atoms with E-state index in [2.05, 4.69) is 33.2 Å². The van der Waals surface area contributed by atoms with Gasteiger partial charge in [-0.1, -0.05) is 54.1 Å². The van der Waals surface area contributed by atoms with Crippen LogP contribution in [0.1, 0.15) is 11.1 Å². The van der Waals surface area contributed by atoms with Crippen LogP contribution in [0.15, 0.2) is 54.6 Å². The van der Waals surface area contributed by atoms with Crippen molar-refractivity contribution in [1.82, 2.24) is 21.1 Å². The van der Waals surface area contributed by atoms with E-state index in [9.17, 15) is 4.79 Å². The van der Waals surface area contributed by atoms with Crippen molar-refractivity contribution in [2.75, 3.05) is 20.1 Å².